The molecule has 51 heavy (non-hydrogen) atoms. The van der Waals surface area contributed by atoms with Crippen LogP contribution in [-0.2, 0) is 44.8 Å². The summed E-state index contributed by atoms with van der Waals surface area (Å²) in [6, 6.07) is -2.39. The van der Waals surface area contributed by atoms with Crippen LogP contribution in [0.5, 0.6) is 5.75 Å². The highest BCUT2D eigenvalue weighted by Gasteiger charge is 2.35. The highest BCUT2D eigenvalue weighted by Crippen LogP contribution is 2.13. The number of nitrogens with two attached hydrogens (primary N) is 2. The molecule has 0 unspecified atom stereocenters. The van der Waals surface area contributed by atoms with Gasteiger partial charge < -0.3 is 53.4 Å². The monoisotopic (exact) mass is 721 g/mol. The van der Waals surface area contributed by atoms with Crippen LogP contribution in [0.25, 0.3) is 0 Å². The molecule has 0 aliphatic heterocycles. The van der Waals surface area contributed by atoms with E-state index in [4.69, 9.17) is 11.5 Å². The zero-order chi connectivity index (χ0) is 39.2. The van der Waals surface area contributed by atoms with Crippen LogP contribution in [-0.4, -0.2) is 99.0 Å². The fourth-order valence-corrected chi connectivity index (χ4v) is 4.85. The van der Waals surface area contributed by atoms with Gasteiger partial charge in [0.1, 0.15) is 36.0 Å². The average molecular weight is 722 g/mol. The third-order valence-electron chi connectivity index (χ3n) is 7.59. The van der Waals surface area contributed by atoms with Gasteiger partial charge in [-0.05, 0) is 48.3 Å². The predicted octanol–water partition coefficient (Wildman–Crippen LogP) is -1.52. The van der Waals surface area contributed by atoms with Gasteiger partial charge in [0.2, 0.25) is 35.4 Å². The van der Waals surface area contributed by atoms with Crippen molar-refractivity contribution < 1.29 is 53.7 Å². The molecule has 0 bridgehead atoms. The number of phenols is 1. The van der Waals surface area contributed by atoms with E-state index in [9.17, 15) is 53.7 Å². The van der Waals surface area contributed by atoms with E-state index < -0.39 is 108 Å². The van der Waals surface area contributed by atoms with E-state index in [-0.39, 0.29) is 24.5 Å². The number of aromatic hydroxyl groups is 1. The molecular weight excluding hydrogens is 670 g/mol. The third-order valence-corrected chi connectivity index (χ3v) is 7.59. The van der Waals surface area contributed by atoms with Crippen molar-refractivity contribution >= 4 is 47.4 Å². The number of carboxylic acid groups (broad SMARTS) is 2. The van der Waals surface area contributed by atoms with Gasteiger partial charge in [-0.15, -0.1) is 0 Å². The molecule has 0 aliphatic carbocycles. The van der Waals surface area contributed by atoms with Crippen molar-refractivity contribution in [3.8, 4) is 5.75 Å². The number of carbonyl (C=O) groups is 8. The number of rotatable bonds is 21. The minimum atomic E-state index is -1.80. The molecule has 284 valence electrons. The molecule has 0 aromatic heterocycles. The van der Waals surface area contributed by atoms with Crippen molar-refractivity contribution in [3.63, 3.8) is 0 Å². The van der Waals surface area contributed by atoms with E-state index >= 15 is 0 Å². The predicted molar refractivity (Wildman–Crippen MR) is 182 cm³/mol. The van der Waals surface area contributed by atoms with Crippen molar-refractivity contribution in [3.05, 3.63) is 29.8 Å². The molecule has 0 aliphatic rings. The third kappa shape index (κ3) is 15.4. The van der Waals surface area contributed by atoms with Crippen LogP contribution in [0, 0.1) is 17.8 Å². The minimum Gasteiger partial charge on any atom is -0.508 e. The zero-order valence-corrected chi connectivity index (χ0v) is 29.6. The van der Waals surface area contributed by atoms with Gasteiger partial charge in [-0.1, -0.05) is 53.7 Å². The number of aliphatic carboxylic acids is 2. The SMILES string of the molecule is CC(C)C[C@H](NC(=O)[C@H](CC(=O)O)NC(=O)[C@H](CC(N)=O)NC(=O)[C@@H](NC(=O)[C@@H](NC(=O)[C@@H](N)Cc1ccc(O)cc1)C(C)C)C(C)C)C(=O)O. The maximum Gasteiger partial charge on any atom is 0.326 e. The quantitative estimate of drug-likeness (QED) is 0.0692. The molecule has 6 amide bonds. The number of hydrogen-bond donors (Lipinski definition) is 10. The standard InChI is InChI=1S/C33H51N7O11/c1-15(2)11-23(33(50)51)38-30(47)22(14-25(43)44)36-29(46)21(13-24(35)42)37-31(48)26(16(3)4)40-32(49)27(17(5)6)39-28(45)20(34)12-18-7-9-19(41)10-8-18/h7-10,15-17,20-23,26-27,41H,11-14,34H2,1-6H3,(H2,35,42)(H,36,46)(H,37,48)(H,38,47)(H,39,45)(H,40,49)(H,43,44)(H,50,51)/t20-,21-,22-,23-,26-,27-/m0/s1. The van der Waals surface area contributed by atoms with Gasteiger partial charge in [0.25, 0.3) is 0 Å². The van der Waals surface area contributed by atoms with Gasteiger partial charge >= 0.3 is 11.9 Å². The van der Waals surface area contributed by atoms with Gasteiger partial charge in [0.15, 0.2) is 0 Å². The second-order valence-electron chi connectivity index (χ2n) is 13.4. The summed E-state index contributed by atoms with van der Waals surface area (Å²) in [7, 11) is 0. The summed E-state index contributed by atoms with van der Waals surface area (Å²) >= 11 is 0. The van der Waals surface area contributed by atoms with Gasteiger partial charge in [0, 0.05) is 0 Å². The Labute approximate surface area is 295 Å². The molecule has 1 aromatic carbocycles. The van der Waals surface area contributed by atoms with Crippen LogP contribution in [0.1, 0.15) is 66.4 Å². The molecule has 0 saturated carbocycles. The first-order valence-electron chi connectivity index (χ1n) is 16.4. The van der Waals surface area contributed by atoms with Gasteiger partial charge in [-0.2, -0.15) is 0 Å². The molecule has 0 spiro atoms. The van der Waals surface area contributed by atoms with E-state index in [0.717, 1.165) is 0 Å². The summed E-state index contributed by atoms with van der Waals surface area (Å²) in [6.45, 7) is 9.87. The number of primary amides is 1. The fourth-order valence-electron chi connectivity index (χ4n) is 4.85. The number of hydrogen-bond acceptors (Lipinski definition) is 10. The first-order valence-corrected chi connectivity index (χ1v) is 16.4. The van der Waals surface area contributed by atoms with E-state index in [0.29, 0.717) is 5.56 Å². The highest BCUT2D eigenvalue weighted by atomic mass is 16.4. The molecule has 6 atom stereocenters. The lowest BCUT2D eigenvalue weighted by Crippen LogP contribution is -2.61. The molecule has 0 radical (unpaired) electrons. The van der Waals surface area contributed by atoms with E-state index in [1.807, 2.05) is 0 Å². The zero-order valence-electron chi connectivity index (χ0n) is 29.6. The summed E-state index contributed by atoms with van der Waals surface area (Å²) < 4.78 is 0. The van der Waals surface area contributed by atoms with Crippen molar-refractivity contribution in [2.45, 2.75) is 103 Å². The Bertz CT molecular complexity index is 1420. The maximum atomic E-state index is 13.5. The number of amides is 6. The van der Waals surface area contributed by atoms with E-state index in [2.05, 4.69) is 26.6 Å². The van der Waals surface area contributed by atoms with Crippen molar-refractivity contribution in [1.82, 2.24) is 26.6 Å². The summed E-state index contributed by atoms with van der Waals surface area (Å²) in [5.41, 5.74) is 12.0. The van der Waals surface area contributed by atoms with Gasteiger partial charge in [-0.25, -0.2) is 4.79 Å². The van der Waals surface area contributed by atoms with Crippen LogP contribution < -0.4 is 38.1 Å². The second kappa shape index (κ2) is 20.4. The number of carbonyl (C=O) groups excluding carboxylic acids is 6. The Kier molecular flexibility index (Phi) is 17.5. The van der Waals surface area contributed by atoms with Crippen LogP contribution in [0.3, 0.4) is 0 Å². The Hall–Kier alpha value is -5.26. The lowest BCUT2D eigenvalue weighted by atomic mass is 9.98. The molecule has 0 saturated heterocycles. The number of carboxylic acids is 2. The Morgan fingerprint density at radius 2 is 1.06 bits per heavy atom. The molecule has 0 heterocycles. The topological polar surface area (TPSA) is 309 Å². The highest BCUT2D eigenvalue weighted by molar-refractivity contribution is 5.98. The molecule has 0 fully saturated rings. The van der Waals surface area contributed by atoms with Gasteiger partial charge in [0.05, 0.1) is 18.9 Å². The lowest BCUT2D eigenvalue weighted by molar-refractivity contribution is -0.144. The molecule has 12 N–H and O–H groups in total. The molecule has 1 rings (SSSR count). The fraction of sp³-hybridized carbons (Fsp3) is 0.576. The summed E-state index contributed by atoms with van der Waals surface area (Å²) in [5, 5.41) is 40.1. The van der Waals surface area contributed by atoms with Gasteiger partial charge in [-0.3, -0.25) is 33.6 Å². The van der Waals surface area contributed by atoms with E-state index in [1.165, 1.54) is 12.1 Å². The van der Waals surface area contributed by atoms with Crippen LogP contribution in [0.4, 0.5) is 0 Å². The Morgan fingerprint density at radius 1 is 0.627 bits per heavy atom. The number of benzene rings is 1. The Morgan fingerprint density at radius 3 is 1.49 bits per heavy atom. The first kappa shape index (κ1) is 43.8. The second-order valence-corrected chi connectivity index (χ2v) is 13.4. The average Bonchev–Trinajstić information content (AvgIpc) is 3.00. The van der Waals surface area contributed by atoms with Crippen molar-refractivity contribution in [2.24, 2.45) is 29.2 Å². The van der Waals surface area contributed by atoms with E-state index in [1.54, 1.807) is 53.7 Å². The van der Waals surface area contributed by atoms with Crippen LogP contribution >= 0.6 is 0 Å². The van der Waals surface area contributed by atoms with Crippen LogP contribution in [0.15, 0.2) is 24.3 Å². The normalized spacial score (nSPS) is 14.7. The smallest absolute Gasteiger partial charge is 0.326 e. The maximum absolute atomic E-state index is 13.5. The van der Waals surface area contributed by atoms with Crippen molar-refractivity contribution in [2.75, 3.05) is 0 Å². The number of nitrogens with one attached hydrogen (secondary N) is 5. The largest absolute Gasteiger partial charge is 0.508 e. The summed E-state index contributed by atoms with van der Waals surface area (Å²) in [5.74, 6) is -9.81. The molecule has 18 nitrogen and oxygen atoms in total. The summed E-state index contributed by atoms with van der Waals surface area (Å²) in [4.78, 5) is 101. The summed E-state index contributed by atoms with van der Waals surface area (Å²) in [6.07, 6.45) is -1.64. The van der Waals surface area contributed by atoms with Crippen LogP contribution in [0.2, 0.25) is 0 Å². The molecule has 18 heteroatoms. The minimum absolute atomic E-state index is 0.00539. The Balaban J connectivity index is 3.14. The number of phenolic OH excluding ortho intramolecular Hbond substituents is 1. The lowest BCUT2D eigenvalue weighted by Gasteiger charge is -2.29. The molecule has 1 aromatic rings. The molecular formula is C33H51N7O11. The van der Waals surface area contributed by atoms with Crippen molar-refractivity contribution in [1.29, 1.82) is 0 Å². The first-order chi connectivity index (χ1) is 23.6.